The molecule has 0 bridgehead atoms. The summed E-state index contributed by atoms with van der Waals surface area (Å²) < 4.78 is 0. The van der Waals surface area contributed by atoms with Crippen molar-refractivity contribution in [1.29, 1.82) is 0 Å². The molecule has 1 aromatic rings. The minimum absolute atomic E-state index is 0.182. The Hall–Kier alpha value is -1.42. The normalized spacial score (nSPS) is 9.64. The molecular formula is C9H9ClN2O2. The Morgan fingerprint density at radius 1 is 1.36 bits per heavy atom. The standard InChI is InChI=1S/C9H9ClN2O2/c1-5(13)8-3-7(11-6(2)14)4-9(10)12-8/h3-4H,1-2H3,(H,11,12,14). The fraction of sp³-hybridized carbons (Fsp3) is 0.222. The van der Waals surface area contributed by atoms with Gasteiger partial charge >= 0.3 is 0 Å². The number of pyridine rings is 1. The van der Waals surface area contributed by atoms with E-state index in [9.17, 15) is 9.59 Å². The second-order valence-corrected chi connectivity index (χ2v) is 3.19. The van der Waals surface area contributed by atoms with Crippen LogP contribution in [0.4, 0.5) is 5.69 Å². The fourth-order valence-corrected chi connectivity index (χ4v) is 1.16. The van der Waals surface area contributed by atoms with Crippen LogP contribution >= 0.6 is 11.6 Å². The lowest BCUT2D eigenvalue weighted by Crippen LogP contribution is -2.07. The number of Topliss-reactive ketones (excluding diaryl/α,β-unsaturated/α-hetero) is 1. The molecule has 0 aliphatic carbocycles. The number of halogens is 1. The van der Waals surface area contributed by atoms with Gasteiger partial charge in [0.2, 0.25) is 5.91 Å². The first-order valence-corrected chi connectivity index (χ1v) is 4.33. The first-order valence-electron chi connectivity index (χ1n) is 3.95. The van der Waals surface area contributed by atoms with E-state index >= 15 is 0 Å². The molecule has 0 aliphatic heterocycles. The smallest absolute Gasteiger partial charge is 0.221 e. The number of carbonyl (C=O) groups excluding carboxylic acids is 2. The van der Waals surface area contributed by atoms with E-state index in [0.29, 0.717) is 5.69 Å². The molecule has 5 heteroatoms. The van der Waals surface area contributed by atoms with Crippen molar-refractivity contribution in [2.24, 2.45) is 0 Å². The van der Waals surface area contributed by atoms with E-state index < -0.39 is 0 Å². The average molecular weight is 213 g/mol. The Kier molecular flexibility index (Phi) is 3.19. The number of carbonyl (C=O) groups is 2. The highest BCUT2D eigenvalue weighted by Gasteiger charge is 2.05. The van der Waals surface area contributed by atoms with Crippen LogP contribution in [0.2, 0.25) is 5.15 Å². The van der Waals surface area contributed by atoms with Crippen LogP contribution in [0.25, 0.3) is 0 Å². The number of hydrogen-bond donors (Lipinski definition) is 1. The van der Waals surface area contributed by atoms with Crippen molar-refractivity contribution in [2.75, 3.05) is 5.32 Å². The first-order chi connectivity index (χ1) is 6.49. The molecule has 0 spiro atoms. The minimum Gasteiger partial charge on any atom is -0.326 e. The molecule has 1 heterocycles. The highest BCUT2D eigenvalue weighted by molar-refractivity contribution is 6.30. The summed E-state index contributed by atoms with van der Waals surface area (Å²) in [6.07, 6.45) is 0. The zero-order valence-corrected chi connectivity index (χ0v) is 8.55. The molecule has 0 saturated heterocycles. The van der Waals surface area contributed by atoms with Gasteiger partial charge in [-0.05, 0) is 12.1 Å². The summed E-state index contributed by atoms with van der Waals surface area (Å²) in [7, 11) is 0. The van der Waals surface area contributed by atoms with Crippen LogP contribution < -0.4 is 5.32 Å². The molecular weight excluding hydrogens is 204 g/mol. The molecule has 0 aliphatic rings. The zero-order chi connectivity index (χ0) is 10.7. The number of aromatic nitrogens is 1. The average Bonchev–Trinajstić information content (AvgIpc) is 2.01. The van der Waals surface area contributed by atoms with Gasteiger partial charge < -0.3 is 5.32 Å². The predicted molar refractivity (Wildman–Crippen MR) is 53.6 cm³/mol. The summed E-state index contributed by atoms with van der Waals surface area (Å²) >= 11 is 5.66. The Balaban J connectivity index is 3.07. The molecule has 1 aromatic heterocycles. The SMILES string of the molecule is CC(=O)Nc1cc(Cl)nc(C(C)=O)c1. The largest absolute Gasteiger partial charge is 0.326 e. The lowest BCUT2D eigenvalue weighted by molar-refractivity contribution is -0.114. The maximum Gasteiger partial charge on any atom is 0.221 e. The molecule has 4 nitrogen and oxygen atoms in total. The van der Waals surface area contributed by atoms with Gasteiger partial charge in [-0.3, -0.25) is 9.59 Å². The van der Waals surface area contributed by atoms with Gasteiger partial charge in [-0.15, -0.1) is 0 Å². The maximum atomic E-state index is 11.0. The predicted octanol–water partition coefficient (Wildman–Crippen LogP) is 1.90. The van der Waals surface area contributed by atoms with Crippen LogP contribution in [-0.4, -0.2) is 16.7 Å². The first kappa shape index (κ1) is 10.7. The summed E-state index contributed by atoms with van der Waals surface area (Å²) in [5.41, 5.74) is 0.712. The Morgan fingerprint density at radius 3 is 2.50 bits per heavy atom. The third-order valence-corrected chi connectivity index (χ3v) is 1.67. The number of amides is 1. The molecule has 0 aromatic carbocycles. The molecule has 1 N–H and O–H groups in total. The van der Waals surface area contributed by atoms with Crippen LogP contribution in [0.5, 0.6) is 0 Å². The molecule has 0 fully saturated rings. The quantitative estimate of drug-likeness (QED) is 0.602. The summed E-state index contributed by atoms with van der Waals surface area (Å²) in [5.74, 6) is -0.416. The second-order valence-electron chi connectivity index (χ2n) is 2.80. The molecule has 0 saturated carbocycles. The second kappa shape index (κ2) is 4.19. The van der Waals surface area contributed by atoms with Crippen molar-refractivity contribution in [3.8, 4) is 0 Å². The number of nitrogens with one attached hydrogen (secondary N) is 1. The number of rotatable bonds is 2. The van der Waals surface area contributed by atoms with Gasteiger partial charge in [0.05, 0.1) is 0 Å². The minimum atomic E-state index is -0.221. The Bertz CT molecular complexity index is 390. The van der Waals surface area contributed by atoms with Gasteiger partial charge in [-0.2, -0.15) is 0 Å². The van der Waals surface area contributed by atoms with Crippen molar-refractivity contribution in [3.63, 3.8) is 0 Å². The van der Waals surface area contributed by atoms with Gasteiger partial charge in [-0.25, -0.2) is 4.98 Å². The lowest BCUT2D eigenvalue weighted by atomic mass is 10.2. The van der Waals surface area contributed by atoms with Gasteiger partial charge in [0.15, 0.2) is 5.78 Å². The van der Waals surface area contributed by atoms with Gasteiger partial charge in [0.25, 0.3) is 0 Å². The van der Waals surface area contributed by atoms with E-state index in [4.69, 9.17) is 11.6 Å². The zero-order valence-electron chi connectivity index (χ0n) is 7.80. The van der Waals surface area contributed by atoms with Crippen molar-refractivity contribution in [3.05, 3.63) is 23.0 Å². The molecule has 0 radical (unpaired) electrons. The topological polar surface area (TPSA) is 59.1 Å². The summed E-state index contributed by atoms with van der Waals surface area (Å²) in [6, 6.07) is 2.96. The molecule has 14 heavy (non-hydrogen) atoms. The third kappa shape index (κ3) is 2.81. The van der Waals surface area contributed by atoms with Crippen molar-refractivity contribution in [1.82, 2.24) is 4.98 Å². The van der Waals surface area contributed by atoms with Crippen molar-refractivity contribution in [2.45, 2.75) is 13.8 Å². The number of hydrogen-bond acceptors (Lipinski definition) is 3. The summed E-state index contributed by atoms with van der Waals surface area (Å²) in [5, 5.41) is 2.71. The number of ketones is 1. The van der Waals surface area contributed by atoms with E-state index in [0.717, 1.165) is 0 Å². The van der Waals surface area contributed by atoms with E-state index in [1.807, 2.05) is 0 Å². The van der Waals surface area contributed by atoms with Crippen LogP contribution in [0.1, 0.15) is 24.3 Å². The summed E-state index contributed by atoms with van der Waals surface area (Å²) in [6.45, 7) is 2.76. The number of anilines is 1. The van der Waals surface area contributed by atoms with Gasteiger partial charge in [0.1, 0.15) is 10.8 Å². The van der Waals surface area contributed by atoms with Crippen molar-refractivity contribution >= 4 is 29.0 Å². The van der Waals surface area contributed by atoms with Gasteiger partial charge in [-0.1, -0.05) is 11.6 Å². The molecule has 0 unspecified atom stereocenters. The summed E-state index contributed by atoms with van der Waals surface area (Å²) in [4.78, 5) is 25.6. The maximum absolute atomic E-state index is 11.0. The highest BCUT2D eigenvalue weighted by Crippen LogP contribution is 2.15. The Labute approximate surface area is 86.3 Å². The van der Waals surface area contributed by atoms with Crippen LogP contribution in [-0.2, 0) is 4.79 Å². The number of nitrogens with zero attached hydrogens (tertiary/aromatic N) is 1. The Morgan fingerprint density at radius 2 is 2.00 bits per heavy atom. The van der Waals surface area contributed by atoms with E-state index in [2.05, 4.69) is 10.3 Å². The third-order valence-electron chi connectivity index (χ3n) is 1.48. The monoisotopic (exact) mass is 212 g/mol. The van der Waals surface area contributed by atoms with Crippen molar-refractivity contribution < 1.29 is 9.59 Å². The molecule has 1 rings (SSSR count). The molecule has 74 valence electrons. The van der Waals surface area contributed by atoms with E-state index in [1.165, 1.54) is 26.0 Å². The van der Waals surface area contributed by atoms with Crippen LogP contribution in [0.15, 0.2) is 12.1 Å². The fourth-order valence-electron chi connectivity index (χ4n) is 0.953. The van der Waals surface area contributed by atoms with Crippen LogP contribution in [0, 0.1) is 0 Å². The van der Waals surface area contributed by atoms with Gasteiger partial charge in [0, 0.05) is 19.5 Å². The lowest BCUT2D eigenvalue weighted by Gasteiger charge is -2.03. The molecule has 0 atom stereocenters. The highest BCUT2D eigenvalue weighted by atomic mass is 35.5. The van der Waals surface area contributed by atoms with E-state index in [1.54, 1.807) is 0 Å². The molecule has 1 amide bonds. The van der Waals surface area contributed by atoms with Crippen LogP contribution in [0.3, 0.4) is 0 Å². The van der Waals surface area contributed by atoms with E-state index in [-0.39, 0.29) is 22.5 Å².